The molecule has 2 atom stereocenters. The summed E-state index contributed by atoms with van der Waals surface area (Å²) in [6.45, 7) is -1.01. The molecule has 15 heteroatoms. The maximum atomic E-state index is 13.2. The van der Waals surface area contributed by atoms with Gasteiger partial charge in [-0.2, -0.15) is 4.31 Å². The van der Waals surface area contributed by atoms with Crippen molar-refractivity contribution in [1.82, 2.24) is 4.31 Å². The number of nitro benzene ring substituents is 2. The van der Waals surface area contributed by atoms with Gasteiger partial charge in [0, 0.05) is 42.3 Å². The molecule has 2 unspecified atom stereocenters. The number of aliphatic hydroxyl groups excluding tert-OH is 1. The zero-order valence-corrected chi connectivity index (χ0v) is 18.8. The van der Waals surface area contributed by atoms with Crippen molar-refractivity contribution in [3.05, 3.63) is 67.8 Å². The van der Waals surface area contributed by atoms with E-state index < -0.39 is 61.7 Å². The van der Waals surface area contributed by atoms with E-state index in [-0.39, 0.29) is 36.8 Å². The second kappa shape index (κ2) is 9.53. The molecule has 0 amide bonds. The smallest absolute Gasteiger partial charge is 0.324 e. The Kier molecular flexibility index (Phi) is 6.66. The molecule has 0 aliphatic carbocycles. The largest absolute Gasteiger partial charge is 0.467 e. The fourth-order valence-electron chi connectivity index (χ4n) is 3.96. The zero-order valence-electron chi connectivity index (χ0n) is 17.9. The SMILES string of the molecule is O=C(OCc1cc([N+](=O)[O-])cc2c1OCOC2)C1CC(O)CN1S(=O)(=O)c1ccccc1[N+](=O)[O-]. The molecule has 2 aliphatic rings. The molecular formula is C20H19N3O11S. The number of hydrogen-bond donors (Lipinski definition) is 1. The lowest BCUT2D eigenvalue weighted by molar-refractivity contribution is -0.387. The molecule has 0 saturated carbocycles. The number of carbonyl (C=O) groups is 1. The number of sulfonamides is 1. The van der Waals surface area contributed by atoms with Gasteiger partial charge in [0.1, 0.15) is 18.4 Å². The van der Waals surface area contributed by atoms with Gasteiger partial charge in [-0.25, -0.2) is 8.42 Å². The second-order valence-corrected chi connectivity index (χ2v) is 9.63. The van der Waals surface area contributed by atoms with E-state index in [4.69, 9.17) is 14.2 Å². The standard InChI is InChI=1S/C20H19N3O11S/c24-15-7-17(21(8-15)35(30,31)18-4-2-1-3-16(18)23(28)29)20(25)33-10-13-6-14(22(26)27)5-12-9-32-11-34-19(12)13/h1-6,15,17,24H,7-11H2. The van der Waals surface area contributed by atoms with Crippen LogP contribution in [0.15, 0.2) is 41.3 Å². The lowest BCUT2D eigenvalue weighted by Crippen LogP contribution is -2.41. The molecule has 0 spiro atoms. The molecule has 2 aromatic rings. The normalized spacial score (nSPS) is 20.0. The highest BCUT2D eigenvalue weighted by Crippen LogP contribution is 2.35. The van der Waals surface area contributed by atoms with Crippen LogP contribution < -0.4 is 4.74 Å². The van der Waals surface area contributed by atoms with Gasteiger partial charge in [0.05, 0.1) is 22.6 Å². The Morgan fingerprint density at radius 3 is 2.66 bits per heavy atom. The third-order valence-corrected chi connectivity index (χ3v) is 7.43. The van der Waals surface area contributed by atoms with E-state index in [9.17, 15) is 38.5 Å². The molecule has 0 aromatic heterocycles. The summed E-state index contributed by atoms with van der Waals surface area (Å²) in [5.41, 5.74) is -0.393. The van der Waals surface area contributed by atoms with E-state index >= 15 is 0 Å². The molecule has 186 valence electrons. The van der Waals surface area contributed by atoms with Crippen LogP contribution in [0.5, 0.6) is 5.75 Å². The van der Waals surface area contributed by atoms with Crippen LogP contribution in [0.1, 0.15) is 17.5 Å². The van der Waals surface area contributed by atoms with Gasteiger partial charge in [0.15, 0.2) is 11.7 Å². The molecule has 2 heterocycles. The van der Waals surface area contributed by atoms with E-state index in [1.807, 2.05) is 0 Å². The van der Waals surface area contributed by atoms with Crippen LogP contribution >= 0.6 is 0 Å². The maximum Gasteiger partial charge on any atom is 0.324 e. The van der Waals surface area contributed by atoms with E-state index in [1.165, 1.54) is 24.3 Å². The van der Waals surface area contributed by atoms with Crippen molar-refractivity contribution in [3.63, 3.8) is 0 Å². The number of ether oxygens (including phenoxy) is 3. The Labute approximate surface area is 198 Å². The molecule has 1 fully saturated rings. The first-order valence-corrected chi connectivity index (χ1v) is 11.6. The van der Waals surface area contributed by atoms with Crippen LogP contribution in [0.2, 0.25) is 0 Å². The first-order chi connectivity index (χ1) is 16.6. The molecule has 1 saturated heterocycles. The van der Waals surface area contributed by atoms with Crippen LogP contribution in [0, 0.1) is 20.2 Å². The van der Waals surface area contributed by atoms with Gasteiger partial charge in [-0.05, 0) is 6.07 Å². The van der Waals surface area contributed by atoms with Crippen LogP contribution in [0.4, 0.5) is 11.4 Å². The van der Waals surface area contributed by atoms with Crippen LogP contribution in [0.3, 0.4) is 0 Å². The average molecular weight is 509 g/mol. The maximum absolute atomic E-state index is 13.2. The number of rotatable bonds is 7. The number of β-amino-alcohol motifs (C(OH)–C–C–N with tert-alkyl or cyclic N) is 1. The highest BCUT2D eigenvalue weighted by atomic mass is 32.2. The molecule has 2 aromatic carbocycles. The molecule has 0 radical (unpaired) electrons. The van der Waals surface area contributed by atoms with Gasteiger partial charge in [0.25, 0.3) is 21.4 Å². The molecule has 14 nitrogen and oxygen atoms in total. The number of esters is 1. The van der Waals surface area contributed by atoms with Gasteiger partial charge in [-0.1, -0.05) is 12.1 Å². The van der Waals surface area contributed by atoms with Crippen molar-refractivity contribution in [2.45, 2.75) is 36.7 Å². The quantitative estimate of drug-likeness (QED) is 0.321. The molecule has 0 bridgehead atoms. The van der Waals surface area contributed by atoms with E-state index in [0.717, 1.165) is 12.1 Å². The Bertz CT molecular complexity index is 1300. The molecule has 1 N–H and O–H groups in total. The Morgan fingerprint density at radius 2 is 1.94 bits per heavy atom. The summed E-state index contributed by atoms with van der Waals surface area (Å²) in [6, 6.07) is 5.63. The van der Waals surface area contributed by atoms with Crippen LogP contribution in [-0.4, -0.2) is 59.1 Å². The molecular weight excluding hydrogens is 490 g/mol. The van der Waals surface area contributed by atoms with Crippen molar-refractivity contribution in [3.8, 4) is 5.75 Å². The monoisotopic (exact) mass is 509 g/mol. The highest BCUT2D eigenvalue weighted by molar-refractivity contribution is 7.89. The fourth-order valence-corrected chi connectivity index (χ4v) is 5.74. The lowest BCUT2D eigenvalue weighted by atomic mass is 10.1. The van der Waals surface area contributed by atoms with Gasteiger partial charge < -0.3 is 19.3 Å². The van der Waals surface area contributed by atoms with Gasteiger partial charge in [-0.3, -0.25) is 25.0 Å². The number of nitro groups is 2. The number of carbonyl (C=O) groups excluding carboxylic acids is 1. The fraction of sp³-hybridized carbons (Fsp3) is 0.350. The van der Waals surface area contributed by atoms with Crippen molar-refractivity contribution in [2.24, 2.45) is 0 Å². The summed E-state index contributed by atoms with van der Waals surface area (Å²) in [5, 5.41) is 32.7. The third-order valence-electron chi connectivity index (χ3n) is 5.51. The van der Waals surface area contributed by atoms with Crippen LogP contribution in [0.25, 0.3) is 0 Å². The Morgan fingerprint density at radius 1 is 1.20 bits per heavy atom. The van der Waals surface area contributed by atoms with Gasteiger partial charge >= 0.3 is 5.97 Å². The molecule has 35 heavy (non-hydrogen) atoms. The van der Waals surface area contributed by atoms with Crippen molar-refractivity contribution in [2.75, 3.05) is 13.3 Å². The van der Waals surface area contributed by atoms with Crippen molar-refractivity contribution in [1.29, 1.82) is 0 Å². The lowest BCUT2D eigenvalue weighted by Gasteiger charge is -2.23. The van der Waals surface area contributed by atoms with E-state index in [0.29, 0.717) is 9.87 Å². The number of benzene rings is 2. The minimum absolute atomic E-state index is 0.0503. The van der Waals surface area contributed by atoms with Crippen LogP contribution in [-0.2, 0) is 37.5 Å². The third kappa shape index (κ3) is 4.79. The van der Waals surface area contributed by atoms with Crippen molar-refractivity contribution < 1.29 is 42.4 Å². The Hall–Kier alpha value is -3.66. The summed E-state index contributed by atoms with van der Waals surface area (Å²) in [5.74, 6) is -0.776. The van der Waals surface area contributed by atoms with E-state index in [1.54, 1.807) is 0 Å². The predicted molar refractivity (Wildman–Crippen MR) is 115 cm³/mol. The second-order valence-electron chi connectivity index (χ2n) is 7.77. The zero-order chi connectivity index (χ0) is 25.3. The summed E-state index contributed by atoms with van der Waals surface area (Å²) < 4.78 is 42.8. The van der Waals surface area contributed by atoms with E-state index in [2.05, 4.69) is 0 Å². The summed E-state index contributed by atoms with van der Waals surface area (Å²) in [4.78, 5) is 33.4. The summed E-state index contributed by atoms with van der Waals surface area (Å²) in [6.07, 6.45) is -1.51. The first kappa shape index (κ1) is 24.5. The topological polar surface area (TPSA) is 189 Å². The molecule has 2 aliphatic heterocycles. The average Bonchev–Trinajstić information content (AvgIpc) is 3.24. The predicted octanol–water partition coefficient (Wildman–Crippen LogP) is 1.24. The number of aliphatic hydroxyl groups is 1. The highest BCUT2D eigenvalue weighted by Gasteiger charge is 2.46. The minimum atomic E-state index is -4.56. The first-order valence-electron chi connectivity index (χ1n) is 10.2. The van der Waals surface area contributed by atoms with Gasteiger partial charge in [0.2, 0.25) is 0 Å². The summed E-state index contributed by atoms with van der Waals surface area (Å²) in [7, 11) is -4.56. The number of nitrogens with zero attached hydrogens (tertiary/aromatic N) is 3. The van der Waals surface area contributed by atoms with Gasteiger partial charge in [-0.15, -0.1) is 0 Å². The number of non-ortho nitro benzene ring substituents is 1. The number of para-hydroxylation sites is 1. The summed E-state index contributed by atoms with van der Waals surface area (Å²) >= 11 is 0. The number of fused-ring (bicyclic) bond motifs is 1. The van der Waals surface area contributed by atoms with Crippen molar-refractivity contribution >= 4 is 27.4 Å². The minimum Gasteiger partial charge on any atom is -0.467 e. The number of hydrogen-bond acceptors (Lipinski definition) is 11. The molecule has 4 rings (SSSR count). The Balaban J connectivity index is 1.59.